The predicted octanol–water partition coefficient (Wildman–Crippen LogP) is 2.12. The fourth-order valence-electron chi connectivity index (χ4n) is 3.52. The number of fused-ring (bicyclic) bond motifs is 5. The first kappa shape index (κ1) is 12.5. The van der Waals surface area contributed by atoms with Crippen LogP contribution >= 0.6 is 22.6 Å². The number of hydrogen-bond donors (Lipinski definition) is 0. The summed E-state index contributed by atoms with van der Waals surface area (Å²) in [6.45, 7) is 1.89. The first-order chi connectivity index (χ1) is 9.53. The lowest BCUT2D eigenvalue weighted by Crippen LogP contribution is -2.38. The lowest BCUT2D eigenvalue weighted by atomic mass is 9.78. The van der Waals surface area contributed by atoms with E-state index >= 15 is 0 Å². The minimum atomic E-state index is -0.628. The Labute approximate surface area is 129 Å². The number of anilines is 1. The van der Waals surface area contributed by atoms with E-state index in [1.165, 1.54) is 4.90 Å². The Morgan fingerprint density at radius 2 is 2.00 bits per heavy atom. The first-order valence-corrected chi connectivity index (χ1v) is 7.60. The van der Waals surface area contributed by atoms with Gasteiger partial charge in [0.15, 0.2) is 0 Å². The van der Waals surface area contributed by atoms with Gasteiger partial charge in [0.25, 0.3) is 0 Å². The lowest BCUT2D eigenvalue weighted by Gasteiger charge is -2.24. The summed E-state index contributed by atoms with van der Waals surface area (Å²) in [4.78, 5) is 26.7. The van der Waals surface area contributed by atoms with Crippen LogP contribution in [-0.4, -0.2) is 23.5 Å². The molecular weight excluding hydrogens is 369 g/mol. The number of imide groups is 1. The van der Waals surface area contributed by atoms with Crippen molar-refractivity contribution < 1.29 is 14.3 Å². The Hall–Kier alpha value is -1.21. The van der Waals surface area contributed by atoms with Gasteiger partial charge in [-0.3, -0.25) is 9.59 Å². The van der Waals surface area contributed by atoms with Crippen molar-refractivity contribution >= 4 is 40.1 Å². The first-order valence-electron chi connectivity index (χ1n) is 6.52. The van der Waals surface area contributed by atoms with Crippen molar-refractivity contribution in [1.29, 1.82) is 0 Å². The number of para-hydroxylation sites is 1. The van der Waals surface area contributed by atoms with E-state index in [1.807, 2.05) is 43.3 Å². The fraction of sp³-hybridized carbons (Fsp3) is 0.333. The summed E-state index contributed by atoms with van der Waals surface area (Å²) >= 11 is 2.15. The maximum atomic E-state index is 12.7. The largest absolute Gasteiger partial charge is 0.362 e. The Kier molecular flexibility index (Phi) is 2.45. The SMILES string of the molecule is C[C@@]12C=C[C@@H](O1)[C@@H]1C(=O)N(c3ccccc3I)C(=O)[C@@H]12. The van der Waals surface area contributed by atoms with Gasteiger partial charge < -0.3 is 4.74 Å². The summed E-state index contributed by atoms with van der Waals surface area (Å²) in [5.74, 6) is -1.03. The minimum absolute atomic E-state index is 0.137. The molecule has 0 radical (unpaired) electrons. The molecule has 1 aromatic carbocycles. The standard InChI is InChI=1S/C15H12INO3/c1-15-7-6-10(20-15)11-12(15)14(19)17(13(11)18)9-5-3-2-4-8(9)16/h2-7,10-12H,1H3/t10-,11+,12-,15+/m1/s1. The van der Waals surface area contributed by atoms with Gasteiger partial charge in [0.2, 0.25) is 11.8 Å². The molecule has 2 fully saturated rings. The van der Waals surface area contributed by atoms with E-state index in [1.54, 1.807) is 0 Å². The van der Waals surface area contributed by atoms with E-state index in [2.05, 4.69) is 22.6 Å². The third-order valence-corrected chi connectivity index (χ3v) is 5.33. The Balaban J connectivity index is 1.82. The molecule has 2 amide bonds. The molecule has 0 aromatic heterocycles. The zero-order valence-corrected chi connectivity index (χ0v) is 12.9. The second kappa shape index (κ2) is 3.92. The molecule has 3 aliphatic heterocycles. The third-order valence-electron chi connectivity index (χ3n) is 4.42. The molecule has 4 nitrogen and oxygen atoms in total. The Bertz CT molecular complexity index is 671. The zero-order valence-electron chi connectivity index (χ0n) is 10.7. The van der Waals surface area contributed by atoms with Crippen LogP contribution in [0.2, 0.25) is 0 Å². The summed E-state index contributed by atoms with van der Waals surface area (Å²) in [7, 11) is 0. The van der Waals surface area contributed by atoms with Gasteiger partial charge in [0.05, 0.1) is 29.2 Å². The van der Waals surface area contributed by atoms with Crippen LogP contribution in [0, 0.1) is 15.4 Å². The van der Waals surface area contributed by atoms with Gasteiger partial charge in [-0.1, -0.05) is 24.3 Å². The second-order valence-corrected chi connectivity index (χ2v) is 6.75. The summed E-state index contributed by atoms with van der Waals surface area (Å²) in [5.41, 5.74) is 0.0531. The van der Waals surface area contributed by atoms with Crippen LogP contribution < -0.4 is 4.90 Å². The van der Waals surface area contributed by atoms with Crippen LogP contribution in [0.4, 0.5) is 5.69 Å². The highest BCUT2D eigenvalue weighted by Gasteiger charge is 2.66. The third kappa shape index (κ3) is 1.39. The molecule has 2 saturated heterocycles. The van der Waals surface area contributed by atoms with Crippen molar-refractivity contribution in [2.24, 2.45) is 11.8 Å². The van der Waals surface area contributed by atoms with E-state index in [0.717, 1.165) is 3.57 Å². The van der Waals surface area contributed by atoms with E-state index in [0.29, 0.717) is 5.69 Å². The summed E-state index contributed by atoms with van der Waals surface area (Å²) in [6, 6.07) is 7.46. The number of ether oxygens (including phenoxy) is 1. The zero-order chi connectivity index (χ0) is 14.1. The highest BCUT2D eigenvalue weighted by atomic mass is 127. The molecule has 0 N–H and O–H groups in total. The van der Waals surface area contributed by atoms with Crippen molar-refractivity contribution in [2.75, 3.05) is 4.90 Å². The van der Waals surface area contributed by atoms with E-state index < -0.39 is 5.60 Å². The Morgan fingerprint density at radius 1 is 1.25 bits per heavy atom. The summed E-state index contributed by atoms with van der Waals surface area (Å²) in [6.07, 6.45) is 3.57. The smallest absolute Gasteiger partial charge is 0.241 e. The van der Waals surface area contributed by atoms with Gasteiger partial charge in [-0.15, -0.1) is 0 Å². The normalized spacial score (nSPS) is 37.9. The van der Waals surface area contributed by atoms with Gasteiger partial charge in [-0.05, 0) is 41.6 Å². The molecule has 0 aliphatic carbocycles. The molecule has 2 bridgehead atoms. The monoisotopic (exact) mass is 381 g/mol. The van der Waals surface area contributed by atoms with Crippen LogP contribution in [0.5, 0.6) is 0 Å². The number of nitrogens with zero attached hydrogens (tertiary/aromatic N) is 1. The maximum absolute atomic E-state index is 12.7. The van der Waals surface area contributed by atoms with E-state index in [4.69, 9.17) is 4.74 Å². The summed E-state index contributed by atoms with van der Waals surface area (Å²) < 4.78 is 6.70. The fourth-order valence-corrected chi connectivity index (χ4v) is 4.15. The average molecular weight is 381 g/mol. The number of rotatable bonds is 1. The van der Waals surface area contributed by atoms with Gasteiger partial charge >= 0.3 is 0 Å². The molecule has 3 aliphatic rings. The maximum Gasteiger partial charge on any atom is 0.241 e. The van der Waals surface area contributed by atoms with Gasteiger partial charge in [0, 0.05) is 3.57 Å². The number of benzene rings is 1. The van der Waals surface area contributed by atoms with E-state index in [-0.39, 0.29) is 29.8 Å². The summed E-state index contributed by atoms with van der Waals surface area (Å²) in [5, 5.41) is 0. The molecule has 5 heteroatoms. The van der Waals surface area contributed by atoms with Crippen LogP contribution in [0.1, 0.15) is 6.92 Å². The van der Waals surface area contributed by atoms with E-state index in [9.17, 15) is 9.59 Å². The molecule has 4 rings (SSSR count). The topological polar surface area (TPSA) is 46.6 Å². The second-order valence-electron chi connectivity index (χ2n) is 5.59. The molecule has 0 spiro atoms. The van der Waals surface area contributed by atoms with Crippen LogP contribution in [0.25, 0.3) is 0 Å². The molecule has 0 saturated carbocycles. The number of carbonyl (C=O) groups excluding carboxylic acids is 2. The lowest BCUT2D eigenvalue weighted by molar-refractivity contribution is -0.126. The quantitative estimate of drug-likeness (QED) is 0.426. The van der Waals surface area contributed by atoms with Crippen molar-refractivity contribution in [3.05, 3.63) is 40.0 Å². The predicted molar refractivity (Wildman–Crippen MR) is 81.1 cm³/mol. The molecule has 4 atom stereocenters. The van der Waals surface area contributed by atoms with Gasteiger partial charge in [0.1, 0.15) is 0 Å². The van der Waals surface area contributed by atoms with Crippen molar-refractivity contribution in [3.8, 4) is 0 Å². The molecule has 1 aromatic rings. The van der Waals surface area contributed by atoms with Crippen molar-refractivity contribution in [1.82, 2.24) is 0 Å². The van der Waals surface area contributed by atoms with Gasteiger partial charge in [-0.25, -0.2) is 4.90 Å². The number of carbonyl (C=O) groups is 2. The highest BCUT2D eigenvalue weighted by Crippen LogP contribution is 2.52. The van der Waals surface area contributed by atoms with Crippen molar-refractivity contribution in [2.45, 2.75) is 18.6 Å². The molecule has 0 unspecified atom stereocenters. The van der Waals surface area contributed by atoms with Crippen LogP contribution in [-0.2, 0) is 14.3 Å². The number of hydrogen-bond acceptors (Lipinski definition) is 3. The van der Waals surface area contributed by atoms with Gasteiger partial charge in [-0.2, -0.15) is 0 Å². The molecular formula is C15H12INO3. The highest BCUT2D eigenvalue weighted by molar-refractivity contribution is 14.1. The van der Waals surface area contributed by atoms with Crippen LogP contribution in [0.15, 0.2) is 36.4 Å². The minimum Gasteiger partial charge on any atom is -0.362 e. The van der Waals surface area contributed by atoms with Crippen molar-refractivity contribution in [3.63, 3.8) is 0 Å². The van der Waals surface area contributed by atoms with Crippen LogP contribution in [0.3, 0.4) is 0 Å². The number of halogens is 1. The average Bonchev–Trinajstić information content (AvgIpc) is 3.01. The number of amides is 2. The molecule has 3 heterocycles. The molecule has 20 heavy (non-hydrogen) atoms. The molecule has 102 valence electrons. The Morgan fingerprint density at radius 3 is 2.70 bits per heavy atom.